The number of hydrogen-bond acceptors (Lipinski definition) is 5. The number of allylic oxidation sites excluding steroid dienone is 1. The molecule has 0 fully saturated rings. The summed E-state index contributed by atoms with van der Waals surface area (Å²) in [6, 6.07) is 4.65. The van der Waals surface area contributed by atoms with Gasteiger partial charge in [-0.3, -0.25) is 0 Å². The summed E-state index contributed by atoms with van der Waals surface area (Å²) in [5.74, 6) is 0.450. The van der Waals surface area contributed by atoms with E-state index in [0.29, 0.717) is 5.56 Å². The van der Waals surface area contributed by atoms with Crippen LogP contribution in [0.15, 0.2) is 30.4 Å². The minimum atomic E-state index is -0.950. The van der Waals surface area contributed by atoms with E-state index in [4.69, 9.17) is 25.7 Å². The molecule has 0 saturated heterocycles. The summed E-state index contributed by atoms with van der Waals surface area (Å²) in [7, 11) is 1.41. The molecule has 1 aromatic rings. The fourth-order valence-corrected chi connectivity index (χ4v) is 1.57. The SMILES string of the molecule is C/C=C/C(OC(N)=O)c1ccc(OC(N)=O)c(OC)c1. The van der Waals surface area contributed by atoms with E-state index in [1.54, 1.807) is 31.2 Å². The second-order valence-corrected chi connectivity index (χ2v) is 3.71. The molecule has 7 nitrogen and oxygen atoms in total. The summed E-state index contributed by atoms with van der Waals surface area (Å²) < 4.78 is 14.8. The largest absolute Gasteiger partial charge is 0.493 e. The summed E-state index contributed by atoms with van der Waals surface area (Å²) in [4.78, 5) is 21.6. The molecule has 1 rings (SSSR count). The van der Waals surface area contributed by atoms with Crippen molar-refractivity contribution < 1.29 is 23.8 Å². The molecule has 0 radical (unpaired) electrons. The standard InChI is InChI=1S/C13H16N2O5/c1-3-4-9(19-12(14)16)8-5-6-10(20-13(15)17)11(7-8)18-2/h3-7,9H,1-2H3,(H2,14,16)(H2,15,17)/b4-3+. The smallest absolute Gasteiger partial charge is 0.410 e. The number of primary amides is 2. The van der Waals surface area contributed by atoms with E-state index in [1.807, 2.05) is 0 Å². The molecule has 0 spiro atoms. The van der Waals surface area contributed by atoms with Crippen molar-refractivity contribution in [3.05, 3.63) is 35.9 Å². The highest BCUT2D eigenvalue weighted by atomic mass is 16.6. The topological polar surface area (TPSA) is 114 Å². The molecule has 108 valence electrons. The van der Waals surface area contributed by atoms with Gasteiger partial charge in [0.2, 0.25) is 0 Å². The van der Waals surface area contributed by atoms with E-state index in [1.165, 1.54) is 13.2 Å². The maximum absolute atomic E-state index is 10.9. The molecule has 0 saturated carbocycles. The highest BCUT2D eigenvalue weighted by Gasteiger charge is 2.15. The van der Waals surface area contributed by atoms with Gasteiger partial charge in [-0.1, -0.05) is 12.1 Å². The van der Waals surface area contributed by atoms with E-state index in [-0.39, 0.29) is 11.5 Å². The third-order valence-electron chi connectivity index (χ3n) is 2.34. The Morgan fingerprint density at radius 2 is 1.90 bits per heavy atom. The molecule has 0 aromatic heterocycles. The fourth-order valence-electron chi connectivity index (χ4n) is 1.57. The van der Waals surface area contributed by atoms with E-state index < -0.39 is 18.3 Å². The van der Waals surface area contributed by atoms with Crippen molar-refractivity contribution in [2.45, 2.75) is 13.0 Å². The van der Waals surface area contributed by atoms with Gasteiger partial charge in [0.15, 0.2) is 11.5 Å². The predicted molar refractivity (Wildman–Crippen MR) is 71.4 cm³/mol. The summed E-state index contributed by atoms with van der Waals surface area (Å²) in [6.45, 7) is 1.78. The van der Waals surface area contributed by atoms with Crippen LogP contribution in [-0.2, 0) is 4.74 Å². The van der Waals surface area contributed by atoms with Crippen LogP contribution in [0.5, 0.6) is 11.5 Å². The quantitative estimate of drug-likeness (QED) is 0.799. The lowest BCUT2D eigenvalue weighted by molar-refractivity contribution is 0.129. The second-order valence-electron chi connectivity index (χ2n) is 3.71. The minimum absolute atomic E-state index is 0.169. The van der Waals surface area contributed by atoms with E-state index in [0.717, 1.165) is 0 Å². The van der Waals surface area contributed by atoms with Crippen molar-refractivity contribution in [3.8, 4) is 11.5 Å². The number of carbonyl (C=O) groups is 2. The lowest BCUT2D eigenvalue weighted by Gasteiger charge is -2.15. The monoisotopic (exact) mass is 280 g/mol. The molecule has 1 aromatic carbocycles. The number of amides is 2. The minimum Gasteiger partial charge on any atom is -0.493 e. The van der Waals surface area contributed by atoms with Crippen molar-refractivity contribution >= 4 is 12.2 Å². The molecule has 1 atom stereocenters. The van der Waals surface area contributed by atoms with Crippen LogP contribution in [0.3, 0.4) is 0 Å². The third kappa shape index (κ3) is 4.20. The summed E-state index contributed by atoms with van der Waals surface area (Å²) in [5, 5.41) is 0. The highest BCUT2D eigenvalue weighted by Crippen LogP contribution is 2.31. The molecule has 0 heterocycles. The van der Waals surface area contributed by atoms with Crippen LogP contribution in [0, 0.1) is 0 Å². The molecular formula is C13H16N2O5. The number of benzene rings is 1. The van der Waals surface area contributed by atoms with Gasteiger partial charge in [0.1, 0.15) is 6.10 Å². The van der Waals surface area contributed by atoms with Crippen LogP contribution < -0.4 is 20.9 Å². The van der Waals surface area contributed by atoms with Gasteiger partial charge in [0.05, 0.1) is 7.11 Å². The van der Waals surface area contributed by atoms with Crippen LogP contribution >= 0.6 is 0 Å². The van der Waals surface area contributed by atoms with Crippen LogP contribution in [0.25, 0.3) is 0 Å². The van der Waals surface area contributed by atoms with E-state index in [2.05, 4.69) is 0 Å². The number of rotatable bonds is 5. The summed E-state index contributed by atoms with van der Waals surface area (Å²) in [5.41, 5.74) is 10.6. The number of carbonyl (C=O) groups excluding carboxylic acids is 2. The van der Waals surface area contributed by atoms with Crippen molar-refractivity contribution in [3.63, 3.8) is 0 Å². The van der Waals surface area contributed by atoms with E-state index in [9.17, 15) is 9.59 Å². The van der Waals surface area contributed by atoms with Crippen LogP contribution in [0.1, 0.15) is 18.6 Å². The number of nitrogens with two attached hydrogens (primary N) is 2. The molecule has 2 amide bonds. The van der Waals surface area contributed by atoms with Crippen molar-refractivity contribution in [2.24, 2.45) is 11.5 Å². The molecule has 0 aliphatic carbocycles. The van der Waals surface area contributed by atoms with Gasteiger partial charge in [0, 0.05) is 5.56 Å². The summed E-state index contributed by atoms with van der Waals surface area (Å²) >= 11 is 0. The normalized spacial score (nSPS) is 11.9. The Labute approximate surface area is 116 Å². The lowest BCUT2D eigenvalue weighted by Crippen LogP contribution is -2.17. The molecule has 7 heteroatoms. The van der Waals surface area contributed by atoms with Gasteiger partial charge in [0.25, 0.3) is 0 Å². The zero-order valence-electron chi connectivity index (χ0n) is 11.2. The van der Waals surface area contributed by atoms with Gasteiger partial charge in [-0.15, -0.1) is 0 Å². The average molecular weight is 280 g/mol. The Hall–Kier alpha value is -2.70. The van der Waals surface area contributed by atoms with Crippen LogP contribution in [0.4, 0.5) is 9.59 Å². The summed E-state index contributed by atoms with van der Waals surface area (Å²) in [6.07, 6.45) is 0.857. The van der Waals surface area contributed by atoms with Gasteiger partial charge < -0.3 is 25.7 Å². The Morgan fingerprint density at radius 3 is 2.40 bits per heavy atom. The zero-order chi connectivity index (χ0) is 15.1. The lowest BCUT2D eigenvalue weighted by atomic mass is 10.1. The number of methoxy groups -OCH3 is 1. The predicted octanol–water partition coefficient (Wildman–Crippen LogP) is 1.87. The fraction of sp³-hybridized carbons (Fsp3) is 0.231. The van der Waals surface area contributed by atoms with Crippen molar-refractivity contribution in [1.29, 1.82) is 0 Å². The van der Waals surface area contributed by atoms with Gasteiger partial charge >= 0.3 is 12.2 Å². The van der Waals surface area contributed by atoms with Crippen molar-refractivity contribution in [1.82, 2.24) is 0 Å². The maximum atomic E-state index is 10.9. The molecule has 1 unspecified atom stereocenters. The molecule has 4 N–H and O–H groups in total. The highest BCUT2D eigenvalue weighted by molar-refractivity contribution is 5.69. The first-order chi connectivity index (χ1) is 9.47. The molecule has 20 heavy (non-hydrogen) atoms. The zero-order valence-corrected chi connectivity index (χ0v) is 11.2. The Bertz CT molecular complexity index is 527. The van der Waals surface area contributed by atoms with Crippen molar-refractivity contribution in [2.75, 3.05) is 7.11 Å². The Morgan fingerprint density at radius 1 is 1.20 bits per heavy atom. The van der Waals surface area contributed by atoms with Crippen LogP contribution in [0.2, 0.25) is 0 Å². The van der Waals surface area contributed by atoms with Gasteiger partial charge in [-0.2, -0.15) is 0 Å². The van der Waals surface area contributed by atoms with E-state index >= 15 is 0 Å². The first-order valence-corrected chi connectivity index (χ1v) is 5.72. The van der Waals surface area contributed by atoms with Gasteiger partial charge in [-0.05, 0) is 25.1 Å². The Balaban J connectivity index is 3.11. The molecular weight excluding hydrogens is 264 g/mol. The molecule has 0 bridgehead atoms. The third-order valence-corrected chi connectivity index (χ3v) is 2.34. The van der Waals surface area contributed by atoms with Crippen LogP contribution in [-0.4, -0.2) is 19.3 Å². The van der Waals surface area contributed by atoms with Gasteiger partial charge in [-0.25, -0.2) is 9.59 Å². The molecule has 0 aliphatic rings. The average Bonchev–Trinajstić information content (AvgIpc) is 2.37. The number of hydrogen-bond donors (Lipinski definition) is 2. The molecule has 0 aliphatic heterocycles. The first-order valence-electron chi connectivity index (χ1n) is 5.72. The Kier molecular flexibility index (Phi) is 5.40. The maximum Gasteiger partial charge on any atom is 0.410 e. The second kappa shape index (κ2) is 7.03. The number of ether oxygens (including phenoxy) is 3. The first kappa shape index (κ1) is 15.4.